The van der Waals surface area contributed by atoms with Crippen LogP contribution in [0, 0.1) is 5.92 Å². The smallest absolute Gasteiger partial charge is 0.249 e. The zero-order valence-corrected chi connectivity index (χ0v) is 8.98. The third-order valence-electron chi connectivity index (χ3n) is 3.07. The van der Waals surface area contributed by atoms with Gasteiger partial charge in [-0.3, -0.25) is 4.79 Å². The van der Waals surface area contributed by atoms with Gasteiger partial charge in [0.1, 0.15) is 0 Å². The van der Waals surface area contributed by atoms with Crippen LogP contribution in [0.3, 0.4) is 0 Å². The van der Waals surface area contributed by atoms with Crippen molar-refractivity contribution >= 4 is 11.6 Å². The molecule has 0 radical (unpaired) electrons. The second-order valence-corrected chi connectivity index (χ2v) is 4.27. The highest BCUT2D eigenvalue weighted by Crippen LogP contribution is 2.24. The Kier molecular flexibility index (Phi) is 3.49. The number of allylic oxidation sites excluding steroid dienone is 4. The van der Waals surface area contributed by atoms with Gasteiger partial charge in [0.15, 0.2) is 0 Å². The lowest BCUT2D eigenvalue weighted by Gasteiger charge is -2.18. The summed E-state index contributed by atoms with van der Waals surface area (Å²) in [5, 5.41) is 0. The van der Waals surface area contributed by atoms with E-state index in [9.17, 15) is 4.79 Å². The van der Waals surface area contributed by atoms with E-state index in [1.165, 1.54) is 19.3 Å². The lowest BCUT2D eigenvalue weighted by atomic mass is 9.89. The van der Waals surface area contributed by atoms with Gasteiger partial charge in [0.25, 0.3) is 0 Å². The summed E-state index contributed by atoms with van der Waals surface area (Å²) in [4.78, 5) is 16.0. The molecule has 1 fully saturated rings. The Bertz CT molecular complexity index is 319. The highest BCUT2D eigenvalue weighted by atomic mass is 16.1. The van der Waals surface area contributed by atoms with Crippen LogP contribution in [0.4, 0.5) is 0 Å². The summed E-state index contributed by atoms with van der Waals surface area (Å²) >= 11 is 0. The average molecular weight is 203 g/mol. The second-order valence-electron chi connectivity index (χ2n) is 4.27. The largest absolute Gasteiger partial charge is 0.272 e. The van der Waals surface area contributed by atoms with Gasteiger partial charge in [0, 0.05) is 18.1 Å². The van der Waals surface area contributed by atoms with E-state index in [2.05, 4.69) is 4.99 Å². The van der Waals surface area contributed by atoms with E-state index in [4.69, 9.17) is 0 Å². The molecule has 0 aromatic rings. The van der Waals surface area contributed by atoms with Crippen molar-refractivity contribution in [2.75, 3.05) is 0 Å². The Balaban J connectivity index is 1.95. The van der Waals surface area contributed by atoms with E-state index < -0.39 is 0 Å². The van der Waals surface area contributed by atoms with Crippen molar-refractivity contribution in [3.8, 4) is 0 Å². The highest BCUT2D eigenvalue weighted by molar-refractivity contribution is 6.04. The van der Waals surface area contributed by atoms with Crippen LogP contribution in [0.5, 0.6) is 0 Å². The number of hydrogen-bond donors (Lipinski definition) is 0. The molecule has 2 aliphatic carbocycles. The minimum atomic E-state index is 0.102. The molecule has 0 N–H and O–H groups in total. The van der Waals surface area contributed by atoms with Crippen LogP contribution >= 0.6 is 0 Å². The Morgan fingerprint density at radius 3 is 2.67 bits per heavy atom. The number of carbonyl (C=O) groups is 1. The third-order valence-corrected chi connectivity index (χ3v) is 3.07. The van der Waals surface area contributed by atoms with E-state index in [0.29, 0.717) is 0 Å². The van der Waals surface area contributed by atoms with Gasteiger partial charge in [0.2, 0.25) is 5.91 Å². The van der Waals surface area contributed by atoms with Crippen LogP contribution < -0.4 is 0 Å². The van der Waals surface area contributed by atoms with Crippen molar-refractivity contribution in [3.05, 3.63) is 24.3 Å². The van der Waals surface area contributed by atoms with Crippen LogP contribution in [0.2, 0.25) is 0 Å². The molecule has 15 heavy (non-hydrogen) atoms. The minimum absolute atomic E-state index is 0.102. The van der Waals surface area contributed by atoms with Crippen molar-refractivity contribution in [2.24, 2.45) is 10.9 Å². The average Bonchev–Trinajstić information content (AvgIpc) is 2.31. The lowest BCUT2D eigenvalue weighted by molar-refractivity contribution is -0.122. The van der Waals surface area contributed by atoms with Gasteiger partial charge in [-0.1, -0.05) is 37.5 Å². The SMILES string of the molecule is O=C(N=C1C=CC=CC1)C1CCCCC1. The van der Waals surface area contributed by atoms with Gasteiger partial charge in [-0.2, -0.15) is 0 Å². The molecule has 0 saturated heterocycles. The number of carbonyl (C=O) groups excluding carboxylic acids is 1. The first-order valence-corrected chi connectivity index (χ1v) is 5.81. The fourth-order valence-electron chi connectivity index (χ4n) is 2.17. The molecule has 80 valence electrons. The van der Waals surface area contributed by atoms with E-state index in [1.54, 1.807) is 0 Å². The molecule has 1 amide bonds. The predicted molar refractivity (Wildman–Crippen MR) is 61.9 cm³/mol. The molecule has 2 rings (SSSR count). The summed E-state index contributed by atoms with van der Waals surface area (Å²) in [5.41, 5.74) is 0.910. The number of rotatable bonds is 1. The molecule has 0 bridgehead atoms. The molecule has 0 aliphatic heterocycles. The predicted octanol–water partition coefficient (Wildman–Crippen LogP) is 3.05. The van der Waals surface area contributed by atoms with Crippen LogP contribution in [-0.4, -0.2) is 11.6 Å². The Morgan fingerprint density at radius 2 is 2.00 bits per heavy atom. The maximum atomic E-state index is 11.8. The summed E-state index contributed by atoms with van der Waals surface area (Å²) in [7, 11) is 0. The molecule has 0 spiro atoms. The molecular weight excluding hydrogens is 186 g/mol. The van der Waals surface area contributed by atoms with E-state index in [-0.39, 0.29) is 11.8 Å². The van der Waals surface area contributed by atoms with Gasteiger partial charge in [-0.25, -0.2) is 4.99 Å². The van der Waals surface area contributed by atoms with Crippen molar-refractivity contribution in [3.63, 3.8) is 0 Å². The zero-order chi connectivity index (χ0) is 10.5. The fourth-order valence-corrected chi connectivity index (χ4v) is 2.17. The van der Waals surface area contributed by atoms with Gasteiger partial charge in [0.05, 0.1) is 0 Å². The molecule has 2 nitrogen and oxygen atoms in total. The Labute approximate surface area is 90.8 Å². The quantitative estimate of drug-likeness (QED) is 0.644. The molecule has 0 aromatic heterocycles. The molecule has 0 unspecified atom stereocenters. The fraction of sp³-hybridized carbons (Fsp3) is 0.538. The van der Waals surface area contributed by atoms with Crippen molar-refractivity contribution in [1.82, 2.24) is 0 Å². The zero-order valence-electron chi connectivity index (χ0n) is 8.98. The summed E-state index contributed by atoms with van der Waals surface area (Å²) in [6.07, 6.45) is 14.4. The number of aliphatic imine (C=N–C) groups is 1. The highest BCUT2D eigenvalue weighted by Gasteiger charge is 2.20. The number of nitrogens with zero attached hydrogens (tertiary/aromatic N) is 1. The van der Waals surface area contributed by atoms with E-state index in [0.717, 1.165) is 25.0 Å². The molecule has 0 atom stereocenters. The maximum absolute atomic E-state index is 11.8. The summed E-state index contributed by atoms with van der Waals surface area (Å²) < 4.78 is 0. The summed E-state index contributed by atoms with van der Waals surface area (Å²) in [6.45, 7) is 0. The monoisotopic (exact) mass is 203 g/mol. The summed E-state index contributed by atoms with van der Waals surface area (Å²) in [6, 6.07) is 0. The first-order chi connectivity index (χ1) is 7.36. The molecule has 2 aliphatic rings. The normalized spacial score (nSPS) is 24.7. The molecule has 0 aromatic carbocycles. The Hall–Kier alpha value is -1.18. The first kappa shape index (κ1) is 10.3. The van der Waals surface area contributed by atoms with Crippen molar-refractivity contribution in [2.45, 2.75) is 38.5 Å². The topological polar surface area (TPSA) is 29.4 Å². The third kappa shape index (κ3) is 2.88. The second kappa shape index (κ2) is 5.06. The van der Waals surface area contributed by atoms with Crippen LogP contribution in [-0.2, 0) is 4.79 Å². The molecular formula is C13H17NO. The molecule has 0 heterocycles. The van der Waals surface area contributed by atoms with Crippen molar-refractivity contribution < 1.29 is 4.79 Å². The van der Waals surface area contributed by atoms with Gasteiger partial charge >= 0.3 is 0 Å². The lowest BCUT2D eigenvalue weighted by Crippen LogP contribution is -2.17. The Morgan fingerprint density at radius 1 is 1.20 bits per heavy atom. The maximum Gasteiger partial charge on any atom is 0.249 e. The van der Waals surface area contributed by atoms with Crippen LogP contribution in [0.25, 0.3) is 0 Å². The van der Waals surface area contributed by atoms with E-state index >= 15 is 0 Å². The minimum Gasteiger partial charge on any atom is -0.272 e. The number of amides is 1. The summed E-state index contributed by atoms with van der Waals surface area (Å²) in [5.74, 6) is 0.301. The standard InChI is InChI=1S/C13H17NO/c15-13(11-7-3-1-4-8-11)14-12-9-5-2-6-10-12/h2,5-6,9,11H,1,3-4,7-8,10H2. The van der Waals surface area contributed by atoms with Gasteiger partial charge in [-0.15, -0.1) is 0 Å². The number of hydrogen-bond acceptors (Lipinski definition) is 1. The molecule has 1 saturated carbocycles. The van der Waals surface area contributed by atoms with Crippen LogP contribution in [0.15, 0.2) is 29.3 Å². The molecule has 2 heteroatoms. The first-order valence-electron chi connectivity index (χ1n) is 5.81. The van der Waals surface area contributed by atoms with Gasteiger partial charge in [-0.05, 0) is 18.9 Å². The van der Waals surface area contributed by atoms with Crippen molar-refractivity contribution in [1.29, 1.82) is 0 Å². The van der Waals surface area contributed by atoms with E-state index in [1.807, 2.05) is 24.3 Å². The van der Waals surface area contributed by atoms with Crippen LogP contribution in [0.1, 0.15) is 38.5 Å². The van der Waals surface area contributed by atoms with Gasteiger partial charge < -0.3 is 0 Å².